The van der Waals surface area contributed by atoms with E-state index in [4.69, 9.17) is 14.2 Å². The molecule has 0 bridgehead atoms. The number of ether oxygens (including phenoxy) is 3. The fraction of sp³-hybridized carbons (Fsp3) is 0.200. The fourth-order valence-corrected chi connectivity index (χ4v) is 5.13. The molecular weight excluding hydrogens is 470 g/mol. The van der Waals surface area contributed by atoms with Crippen molar-refractivity contribution in [2.24, 2.45) is 5.10 Å². The molecule has 10 heteroatoms. The Morgan fingerprint density at radius 2 is 1.86 bits per heavy atom. The van der Waals surface area contributed by atoms with E-state index in [0.29, 0.717) is 17.1 Å². The van der Waals surface area contributed by atoms with Gasteiger partial charge in [0.1, 0.15) is 10.6 Å². The van der Waals surface area contributed by atoms with E-state index < -0.39 is 22.5 Å². The van der Waals surface area contributed by atoms with Crippen molar-refractivity contribution in [3.8, 4) is 17.2 Å². The molecule has 182 valence electrons. The Kier molecular flexibility index (Phi) is 7.33. The maximum absolute atomic E-state index is 13.6. The van der Waals surface area contributed by atoms with Crippen LogP contribution in [0.1, 0.15) is 16.7 Å². The standard InChI is InChI=1S/C25H25N3O6S/c1-18-8-10-22(32-2)24(12-18)35(30,31)28(15-19-6-4-3-5-7-19)16-25(29)27-26-14-20-9-11-21-23(13-20)34-17-33-21/h3-14H,15-17H2,1-2H3,(H,27,29)/b26-14+. The topological polar surface area (TPSA) is 107 Å². The fourth-order valence-electron chi connectivity index (χ4n) is 3.51. The molecule has 0 fully saturated rings. The highest BCUT2D eigenvalue weighted by Gasteiger charge is 2.30. The number of carbonyl (C=O) groups excluding carboxylic acids is 1. The van der Waals surface area contributed by atoms with E-state index in [1.807, 2.05) is 18.2 Å². The molecular formula is C25H25N3O6S. The third kappa shape index (κ3) is 5.79. The van der Waals surface area contributed by atoms with Gasteiger partial charge >= 0.3 is 0 Å². The maximum Gasteiger partial charge on any atom is 0.255 e. The minimum absolute atomic E-state index is 0.000432. The van der Waals surface area contributed by atoms with E-state index in [1.54, 1.807) is 49.4 Å². The van der Waals surface area contributed by atoms with Crippen molar-refractivity contribution < 1.29 is 27.4 Å². The van der Waals surface area contributed by atoms with Crippen LogP contribution in [0.25, 0.3) is 0 Å². The number of aryl methyl sites for hydroxylation is 1. The predicted octanol–water partition coefficient (Wildman–Crippen LogP) is 3.07. The number of benzene rings is 3. The number of fused-ring (bicyclic) bond motifs is 1. The molecule has 9 nitrogen and oxygen atoms in total. The van der Waals surface area contributed by atoms with Crippen molar-refractivity contribution in [2.75, 3.05) is 20.4 Å². The van der Waals surface area contributed by atoms with Gasteiger partial charge in [-0.15, -0.1) is 0 Å². The van der Waals surface area contributed by atoms with E-state index >= 15 is 0 Å². The number of carbonyl (C=O) groups is 1. The summed E-state index contributed by atoms with van der Waals surface area (Å²) >= 11 is 0. The molecule has 35 heavy (non-hydrogen) atoms. The molecule has 0 atom stereocenters. The SMILES string of the molecule is COc1ccc(C)cc1S(=O)(=O)N(CC(=O)N/N=C/c1ccc2c(c1)OCO2)Cc1ccccc1. The molecule has 1 heterocycles. The van der Waals surface area contributed by atoms with Crippen molar-refractivity contribution in [3.05, 3.63) is 83.4 Å². The highest BCUT2D eigenvalue weighted by Crippen LogP contribution is 2.32. The van der Waals surface area contributed by atoms with Crippen LogP contribution in [0.3, 0.4) is 0 Å². The smallest absolute Gasteiger partial charge is 0.255 e. The summed E-state index contributed by atoms with van der Waals surface area (Å²) in [5.41, 5.74) is 4.57. The number of hydrazone groups is 1. The monoisotopic (exact) mass is 495 g/mol. The molecule has 1 aliphatic heterocycles. The summed E-state index contributed by atoms with van der Waals surface area (Å²) in [6.45, 7) is 1.51. The number of hydrogen-bond acceptors (Lipinski definition) is 7. The first kappa shape index (κ1) is 24.2. The second kappa shape index (κ2) is 10.6. The Bertz CT molecular complexity index is 1340. The summed E-state index contributed by atoms with van der Waals surface area (Å²) in [7, 11) is -2.67. The summed E-state index contributed by atoms with van der Waals surface area (Å²) in [6.07, 6.45) is 1.44. The largest absolute Gasteiger partial charge is 0.495 e. The van der Waals surface area contributed by atoms with Gasteiger partial charge in [-0.05, 0) is 53.9 Å². The Hall–Kier alpha value is -3.89. The summed E-state index contributed by atoms with van der Waals surface area (Å²) in [6, 6.07) is 19.2. The van der Waals surface area contributed by atoms with Crippen LogP contribution < -0.4 is 19.6 Å². The van der Waals surface area contributed by atoms with Crippen LogP contribution in [-0.2, 0) is 21.4 Å². The Labute approximate surface area is 204 Å². The molecule has 0 unspecified atom stereocenters. The minimum atomic E-state index is -4.08. The van der Waals surface area contributed by atoms with E-state index in [2.05, 4.69) is 10.5 Å². The number of methoxy groups -OCH3 is 1. The molecule has 0 saturated heterocycles. The van der Waals surface area contributed by atoms with Gasteiger partial charge in [-0.3, -0.25) is 4.79 Å². The second-order valence-electron chi connectivity index (χ2n) is 7.82. The van der Waals surface area contributed by atoms with Crippen LogP contribution in [0.5, 0.6) is 17.2 Å². The lowest BCUT2D eigenvalue weighted by Gasteiger charge is -2.23. The van der Waals surface area contributed by atoms with Gasteiger partial charge in [-0.1, -0.05) is 36.4 Å². The lowest BCUT2D eigenvalue weighted by molar-refractivity contribution is -0.121. The van der Waals surface area contributed by atoms with Crippen molar-refractivity contribution in [2.45, 2.75) is 18.4 Å². The van der Waals surface area contributed by atoms with Crippen LogP contribution in [-0.4, -0.2) is 45.3 Å². The molecule has 1 aliphatic rings. The molecule has 0 saturated carbocycles. The van der Waals surface area contributed by atoms with Gasteiger partial charge in [-0.2, -0.15) is 9.41 Å². The number of nitrogens with zero attached hydrogens (tertiary/aromatic N) is 2. The van der Waals surface area contributed by atoms with Gasteiger partial charge in [0, 0.05) is 6.54 Å². The van der Waals surface area contributed by atoms with Crippen LogP contribution in [0, 0.1) is 6.92 Å². The van der Waals surface area contributed by atoms with E-state index in [1.165, 1.54) is 19.4 Å². The lowest BCUT2D eigenvalue weighted by atomic mass is 10.2. The number of hydrogen-bond donors (Lipinski definition) is 1. The molecule has 3 aromatic carbocycles. The molecule has 1 amide bonds. The maximum atomic E-state index is 13.6. The Morgan fingerprint density at radius 3 is 2.63 bits per heavy atom. The second-order valence-corrected chi connectivity index (χ2v) is 9.73. The summed E-state index contributed by atoms with van der Waals surface area (Å²) in [5, 5.41) is 3.96. The van der Waals surface area contributed by atoms with Crippen LogP contribution in [0.15, 0.2) is 76.7 Å². The van der Waals surface area contributed by atoms with Crippen LogP contribution in [0.2, 0.25) is 0 Å². The Balaban J connectivity index is 1.54. The molecule has 4 rings (SSSR count). The first-order chi connectivity index (χ1) is 16.9. The van der Waals surface area contributed by atoms with Crippen molar-refractivity contribution in [1.82, 2.24) is 9.73 Å². The van der Waals surface area contributed by atoms with Crippen LogP contribution >= 0.6 is 0 Å². The van der Waals surface area contributed by atoms with Gasteiger partial charge < -0.3 is 14.2 Å². The summed E-state index contributed by atoms with van der Waals surface area (Å²) in [5.74, 6) is 0.843. The van der Waals surface area contributed by atoms with Gasteiger partial charge in [-0.25, -0.2) is 13.8 Å². The zero-order valence-corrected chi connectivity index (χ0v) is 20.1. The third-order valence-corrected chi connectivity index (χ3v) is 7.07. The highest BCUT2D eigenvalue weighted by atomic mass is 32.2. The first-order valence-electron chi connectivity index (χ1n) is 10.8. The number of rotatable bonds is 9. The zero-order valence-electron chi connectivity index (χ0n) is 19.3. The van der Waals surface area contributed by atoms with Gasteiger partial charge in [0.15, 0.2) is 11.5 Å². The predicted molar refractivity (Wildman–Crippen MR) is 130 cm³/mol. The molecule has 1 N–H and O–H groups in total. The number of nitrogens with one attached hydrogen (secondary N) is 1. The van der Waals surface area contributed by atoms with Gasteiger partial charge in [0.25, 0.3) is 5.91 Å². The first-order valence-corrected chi connectivity index (χ1v) is 12.2. The van der Waals surface area contributed by atoms with Crippen molar-refractivity contribution in [3.63, 3.8) is 0 Å². The average molecular weight is 496 g/mol. The normalized spacial score (nSPS) is 12.8. The minimum Gasteiger partial charge on any atom is -0.495 e. The van der Waals surface area contributed by atoms with E-state index in [9.17, 15) is 13.2 Å². The van der Waals surface area contributed by atoms with E-state index in [-0.39, 0.29) is 24.0 Å². The highest BCUT2D eigenvalue weighted by molar-refractivity contribution is 7.89. The summed E-state index contributed by atoms with van der Waals surface area (Å²) in [4.78, 5) is 12.7. The molecule has 0 aromatic heterocycles. The van der Waals surface area contributed by atoms with Gasteiger partial charge in [0.2, 0.25) is 16.8 Å². The lowest BCUT2D eigenvalue weighted by Crippen LogP contribution is -2.39. The van der Waals surface area contributed by atoms with Crippen molar-refractivity contribution in [1.29, 1.82) is 0 Å². The van der Waals surface area contributed by atoms with Crippen LogP contribution in [0.4, 0.5) is 0 Å². The quantitative estimate of drug-likeness (QED) is 0.361. The summed E-state index contributed by atoms with van der Waals surface area (Å²) < 4.78 is 44.2. The third-order valence-electron chi connectivity index (χ3n) is 5.26. The average Bonchev–Trinajstić information content (AvgIpc) is 3.32. The zero-order chi connectivity index (χ0) is 24.8. The Morgan fingerprint density at radius 1 is 1.09 bits per heavy atom. The van der Waals surface area contributed by atoms with Gasteiger partial charge in [0.05, 0.1) is 19.9 Å². The molecule has 0 aliphatic carbocycles. The number of amides is 1. The number of sulfonamides is 1. The molecule has 0 spiro atoms. The van der Waals surface area contributed by atoms with E-state index in [0.717, 1.165) is 15.4 Å². The molecule has 0 radical (unpaired) electrons. The molecule has 3 aromatic rings. The van der Waals surface area contributed by atoms with Crippen molar-refractivity contribution >= 4 is 22.1 Å².